The van der Waals surface area contributed by atoms with Crippen LogP contribution in [0.25, 0.3) is 0 Å². The van der Waals surface area contributed by atoms with E-state index in [0.717, 1.165) is 31.2 Å². The van der Waals surface area contributed by atoms with E-state index in [-0.39, 0.29) is 24.9 Å². The molecule has 1 heterocycles. The number of benzene rings is 1. The van der Waals surface area contributed by atoms with Gasteiger partial charge in [0.25, 0.3) is 0 Å². The summed E-state index contributed by atoms with van der Waals surface area (Å²) in [7, 11) is 0. The molecule has 1 saturated heterocycles. The fourth-order valence-electron chi connectivity index (χ4n) is 4.52. The molecule has 2 aliphatic rings. The molecule has 178 valence electrons. The first-order valence-corrected chi connectivity index (χ1v) is 12.0. The van der Waals surface area contributed by atoms with Crippen LogP contribution >= 0.6 is 11.6 Å². The normalized spacial score (nSPS) is 20.2. The van der Waals surface area contributed by atoms with Gasteiger partial charge in [-0.15, -0.1) is 0 Å². The molecular formula is C24H31ClN4O4. The Kier molecular flexibility index (Phi) is 9.37. The summed E-state index contributed by atoms with van der Waals surface area (Å²) >= 11 is 5.97. The maximum Gasteiger partial charge on any atom is 0.408 e. The van der Waals surface area contributed by atoms with Gasteiger partial charge in [-0.3, -0.25) is 9.59 Å². The van der Waals surface area contributed by atoms with Crippen LogP contribution < -0.4 is 16.0 Å². The predicted molar refractivity (Wildman–Crippen MR) is 123 cm³/mol. The minimum atomic E-state index is -0.812. The summed E-state index contributed by atoms with van der Waals surface area (Å²) in [4.78, 5) is 37.4. The van der Waals surface area contributed by atoms with Gasteiger partial charge in [-0.25, -0.2) is 4.79 Å². The van der Waals surface area contributed by atoms with E-state index in [1.807, 2.05) is 0 Å². The Labute approximate surface area is 199 Å². The zero-order valence-corrected chi connectivity index (χ0v) is 19.4. The van der Waals surface area contributed by atoms with Gasteiger partial charge in [-0.1, -0.05) is 55.8 Å². The van der Waals surface area contributed by atoms with Crippen molar-refractivity contribution in [2.75, 3.05) is 6.54 Å². The molecule has 8 nitrogen and oxygen atoms in total. The zero-order valence-electron chi connectivity index (χ0n) is 18.6. The van der Waals surface area contributed by atoms with Gasteiger partial charge in [0.2, 0.25) is 11.8 Å². The molecule has 1 aliphatic carbocycles. The molecular weight excluding hydrogens is 444 g/mol. The van der Waals surface area contributed by atoms with Crippen molar-refractivity contribution in [1.29, 1.82) is 5.26 Å². The second kappa shape index (κ2) is 12.4. The summed E-state index contributed by atoms with van der Waals surface area (Å²) in [5.74, 6) is -0.484. The van der Waals surface area contributed by atoms with E-state index >= 15 is 0 Å². The highest BCUT2D eigenvalue weighted by molar-refractivity contribution is 6.30. The molecule has 2 fully saturated rings. The molecule has 1 aliphatic heterocycles. The van der Waals surface area contributed by atoms with Gasteiger partial charge in [0.1, 0.15) is 18.7 Å². The zero-order chi connectivity index (χ0) is 23.6. The molecule has 1 aromatic rings. The van der Waals surface area contributed by atoms with Crippen molar-refractivity contribution < 1.29 is 19.1 Å². The number of alkyl carbamates (subject to hydrolysis) is 1. The number of amides is 3. The van der Waals surface area contributed by atoms with Crippen LogP contribution in [0.2, 0.25) is 5.02 Å². The number of ether oxygens (including phenoxy) is 1. The Bertz CT molecular complexity index is 881. The average molecular weight is 475 g/mol. The van der Waals surface area contributed by atoms with E-state index < -0.39 is 24.1 Å². The van der Waals surface area contributed by atoms with Crippen molar-refractivity contribution in [3.63, 3.8) is 0 Å². The number of carbonyl (C=O) groups excluding carboxylic acids is 3. The monoisotopic (exact) mass is 474 g/mol. The standard InChI is InChI=1S/C24H31ClN4O4/c25-19-8-4-7-17(11-19)15-33-24(32)29-21(12-16-5-2-1-3-6-16)23(31)28-20(14-26)13-18-9-10-27-22(18)30/h4,7-8,11,16,18,20-21H,1-3,5-6,9-10,12-13,15H2,(H,27,30)(H,28,31)(H,29,32)/t18?,20-,21-/m0/s1. The van der Waals surface area contributed by atoms with E-state index in [2.05, 4.69) is 22.0 Å². The Balaban J connectivity index is 1.59. The molecule has 0 bridgehead atoms. The lowest BCUT2D eigenvalue weighted by Gasteiger charge is -2.27. The van der Waals surface area contributed by atoms with Crippen LogP contribution in [0.4, 0.5) is 4.79 Å². The number of nitrogens with zero attached hydrogens (tertiary/aromatic N) is 1. The first-order chi connectivity index (χ1) is 15.9. The SMILES string of the molecule is N#C[C@H](CC1CCNC1=O)NC(=O)[C@H](CC1CCCCC1)NC(=O)OCc1cccc(Cl)c1. The number of nitrogens with one attached hydrogen (secondary N) is 3. The molecule has 1 saturated carbocycles. The highest BCUT2D eigenvalue weighted by atomic mass is 35.5. The topological polar surface area (TPSA) is 120 Å². The van der Waals surface area contributed by atoms with Crippen LogP contribution in [-0.2, 0) is 20.9 Å². The number of halogens is 1. The molecule has 9 heteroatoms. The Morgan fingerprint density at radius 2 is 1.97 bits per heavy atom. The van der Waals surface area contributed by atoms with Gasteiger partial charge in [0.15, 0.2) is 0 Å². The first kappa shape index (κ1) is 24.8. The number of carbonyl (C=O) groups is 3. The van der Waals surface area contributed by atoms with E-state index in [4.69, 9.17) is 16.3 Å². The van der Waals surface area contributed by atoms with Gasteiger partial charge < -0.3 is 20.7 Å². The van der Waals surface area contributed by atoms with Gasteiger partial charge in [0, 0.05) is 17.5 Å². The molecule has 3 atom stereocenters. The van der Waals surface area contributed by atoms with Crippen LogP contribution in [0.5, 0.6) is 0 Å². The van der Waals surface area contributed by atoms with E-state index in [9.17, 15) is 19.6 Å². The van der Waals surface area contributed by atoms with E-state index in [0.29, 0.717) is 30.3 Å². The van der Waals surface area contributed by atoms with Gasteiger partial charge in [-0.2, -0.15) is 5.26 Å². The summed E-state index contributed by atoms with van der Waals surface area (Å²) in [6.07, 6.45) is 6.10. The molecule has 33 heavy (non-hydrogen) atoms. The molecule has 3 N–H and O–H groups in total. The third-order valence-corrected chi connectivity index (χ3v) is 6.55. The minimum Gasteiger partial charge on any atom is -0.445 e. The fourth-order valence-corrected chi connectivity index (χ4v) is 4.73. The van der Waals surface area contributed by atoms with Crippen molar-refractivity contribution in [3.8, 4) is 6.07 Å². The van der Waals surface area contributed by atoms with Crippen LogP contribution in [0.1, 0.15) is 56.9 Å². The summed E-state index contributed by atoms with van der Waals surface area (Å²) in [5, 5.41) is 18.2. The predicted octanol–water partition coefficient (Wildman–Crippen LogP) is 3.44. The van der Waals surface area contributed by atoms with E-state index in [1.54, 1.807) is 24.3 Å². The third kappa shape index (κ3) is 7.93. The average Bonchev–Trinajstić information content (AvgIpc) is 3.21. The second-order valence-corrected chi connectivity index (χ2v) is 9.28. The van der Waals surface area contributed by atoms with Gasteiger partial charge in [-0.05, 0) is 42.9 Å². The summed E-state index contributed by atoms with van der Waals surface area (Å²) < 4.78 is 5.30. The number of hydrogen-bond acceptors (Lipinski definition) is 5. The molecule has 0 spiro atoms. The van der Waals surface area contributed by atoms with Crippen molar-refractivity contribution in [2.45, 2.75) is 70.1 Å². The molecule has 3 amide bonds. The van der Waals surface area contributed by atoms with Crippen molar-refractivity contribution in [2.24, 2.45) is 11.8 Å². The van der Waals surface area contributed by atoms with E-state index in [1.165, 1.54) is 6.42 Å². The van der Waals surface area contributed by atoms with Crippen LogP contribution in [0.15, 0.2) is 24.3 Å². The third-order valence-electron chi connectivity index (χ3n) is 6.32. The Hall–Kier alpha value is -2.79. The Morgan fingerprint density at radius 3 is 2.64 bits per heavy atom. The second-order valence-electron chi connectivity index (χ2n) is 8.85. The maximum absolute atomic E-state index is 13.0. The maximum atomic E-state index is 13.0. The van der Waals surface area contributed by atoms with Gasteiger partial charge in [0.05, 0.1) is 6.07 Å². The highest BCUT2D eigenvalue weighted by Gasteiger charge is 2.31. The van der Waals surface area contributed by atoms with Crippen molar-refractivity contribution >= 4 is 29.5 Å². The summed E-state index contributed by atoms with van der Waals surface area (Å²) in [5.41, 5.74) is 0.741. The molecule has 1 aromatic carbocycles. The molecule has 3 rings (SSSR count). The lowest BCUT2D eigenvalue weighted by atomic mass is 9.84. The molecule has 0 radical (unpaired) electrons. The highest BCUT2D eigenvalue weighted by Crippen LogP contribution is 2.27. The van der Waals surface area contributed by atoms with Crippen molar-refractivity contribution in [1.82, 2.24) is 16.0 Å². The quantitative estimate of drug-likeness (QED) is 0.506. The number of nitriles is 1. The Morgan fingerprint density at radius 1 is 1.18 bits per heavy atom. The van der Waals surface area contributed by atoms with Gasteiger partial charge >= 0.3 is 6.09 Å². The molecule has 1 unspecified atom stereocenters. The van der Waals surface area contributed by atoms with Crippen LogP contribution in [0.3, 0.4) is 0 Å². The fraction of sp³-hybridized carbons (Fsp3) is 0.583. The lowest BCUT2D eigenvalue weighted by molar-refractivity contribution is -0.125. The smallest absolute Gasteiger partial charge is 0.408 e. The minimum absolute atomic E-state index is 0.0295. The summed E-state index contributed by atoms with van der Waals surface area (Å²) in [6, 6.07) is 7.46. The summed E-state index contributed by atoms with van der Waals surface area (Å²) in [6.45, 7) is 0.613. The largest absolute Gasteiger partial charge is 0.445 e. The van der Waals surface area contributed by atoms with Crippen molar-refractivity contribution in [3.05, 3.63) is 34.9 Å². The lowest BCUT2D eigenvalue weighted by Crippen LogP contribution is -2.50. The number of rotatable bonds is 9. The van der Waals surface area contributed by atoms with Crippen LogP contribution in [-0.4, -0.2) is 36.5 Å². The van der Waals surface area contributed by atoms with Crippen LogP contribution in [0, 0.1) is 23.2 Å². The number of hydrogen-bond donors (Lipinski definition) is 3. The first-order valence-electron chi connectivity index (χ1n) is 11.6. The molecule has 0 aromatic heterocycles.